The largest absolute Gasteiger partial charge is 0.289 e. The minimum absolute atomic E-state index is 0.308. The Morgan fingerprint density at radius 2 is 1.80 bits per heavy atom. The molecule has 0 radical (unpaired) electrons. The molecule has 0 atom stereocenters. The molecule has 0 spiro atoms. The fourth-order valence-electron chi connectivity index (χ4n) is 1.35. The first-order chi connectivity index (χ1) is 9.17. The van der Waals surface area contributed by atoms with Crippen molar-refractivity contribution in [1.82, 2.24) is 9.79 Å². The van der Waals surface area contributed by atoms with Crippen molar-refractivity contribution in [2.75, 3.05) is 13.6 Å². The third-order valence-electron chi connectivity index (χ3n) is 2.36. The molecule has 1 rings (SSSR count). The number of sulfonamides is 1. The first-order valence-corrected chi connectivity index (χ1v) is 6.78. The fourth-order valence-corrected chi connectivity index (χ4v) is 2.47. The van der Waals surface area contributed by atoms with Gasteiger partial charge in [0.25, 0.3) is 5.91 Å². The second kappa shape index (κ2) is 6.20. The van der Waals surface area contributed by atoms with E-state index >= 15 is 0 Å². The molecule has 2 N–H and O–H groups in total. The van der Waals surface area contributed by atoms with Gasteiger partial charge in [0.15, 0.2) is 17.5 Å². The summed E-state index contributed by atoms with van der Waals surface area (Å²) in [5.74, 6) is -6.51. The summed E-state index contributed by atoms with van der Waals surface area (Å²) in [5, 5.41) is 8.28. The highest BCUT2D eigenvalue weighted by Crippen LogP contribution is 2.16. The number of likely N-dealkylation sites (N-methyl/N-ethyl adjacent to an activating group) is 1. The Hall–Kier alpha value is -1.65. The van der Waals surface area contributed by atoms with E-state index in [4.69, 9.17) is 5.21 Å². The zero-order valence-electron chi connectivity index (χ0n) is 10.2. The van der Waals surface area contributed by atoms with Gasteiger partial charge in [0.05, 0.1) is 12.3 Å². The van der Waals surface area contributed by atoms with E-state index < -0.39 is 45.7 Å². The van der Waals surface area contributed by atoms with Crippen molar-refractivity contribution in [3.05, 3.63) is 35.1 Å². The van der Waals surface area contributed by atoms with Crippen LogP contribution in [0.3, 0.4) is 0 Å². The third kappa shape index (κ3) is 3.92. The maximum atomic E-state index is 13.0. The molecule has 112 valence electrons. The van der Waals surface area contributed by atoms with E-state index in [0.717, 1.165) is 7.05 Å². The zero-order chi connectivity index (χ0) is 15.5. The van der Waals surface area contributed by atoms with E-state index in [-0.39, 0.29) is 5.56 Å². The van der Waals surface area contributed by atoms with Gasteiger partial charge < -0.3 is 0 Å². The van der Waals surface area contributed by atoms with Gasteiger partial charge in [0.2, 0.25) is 10.0 Å². The van der Waals surface area contributed by atoms with Gasteiger partial charge >= 0.3 is 0 Å². The number of carbonyl (C=O) groups is 1. The van der Waals surface area contributed by atoms with E-state index in [1.165, 1.54) is 5.48 Å². The molecule has 6 nitrogen and oxygen atoms in total. The first kappa shape index (κ1) is 16.4. The summed E-state index contributed by atoms with van der Waals surface area (Å²) in [6.07, 6.45) is 0. The van der Waals surface area contributed by atoms with Crippen LogP contribution in [0.4, 0.5) is 13.2 Å². The van der Waals surface area contributed by atoms with Gasteiger partial charge in [-0.2, -0.15) is 4.31 Å². The number of hydrogen-bond donors (Lipinski definition) is 2. The molecule has 0 aliphatic carbocycles. The molecular formula is C10H11F3N2O4S. The third-order valence-corrected chi connectivity index (χ3v) is 4.14. The number of hydrogen-bond acceptors (Lipinski definition) is 4. The Morgan fingerprint density at radius 3 is 2.25 bits per heavy atom. The molecule has 0 heterocycles. The Labute approximate surface area is 112 Å². The highest BCUT2D eigenvalue weighted by molar-refractivity contribution is 7.88. The number of benzene rings is 1. The van der Waals surface area contributed by atoms with Crippen LogP contribution in [-0.2, 0) is 20.6 Å². The molecule has 0 aromatic heterocycles. The number of nitrogens with zero attached hydrogens (tertiary/aromatic N) is 1. The standard InChI is InChI=1S/C10H11F3N2O4S/c1-15(4-9(16)14-17)20(18,19)5-6-2-7(11)10(13)8(12)3-6/h2-3,17H,4-5H2,1H3,(H,14,16). The second-order valence-corrected chi connectivity index (χ2v) is 6.00. The lowest BCUT2D eigenvalue weighted by Crippen LogP contribution is -2.37. The van der Waals surface area contributed by atoms with Gasteiger partial charge in [-0.1, -0.05) is 0 Å². The minimum Gasteiger partial charge on any atom is -0.289 e. The maximum Gasteiger partial charge on any atom is 0.258 e. The van der Waals surface area contributed by atoms with Crippen LogP contribution in [0.1, 0.15) is 5.56 Å². The lowest BCUT2D eigenvalue weighted by molar-refractivity contribution is -0.129. The van der Waals surface area contributed by atoms with Crippen molar-refractivity contribution in [3.63, 3.8) is 0 Å². The Morgan fingerprint density at radius 1 is 1.30 bits per heavy atom. The summed E-state index contributed by atoms with van der Waals surface area (Å²) < 4.78 is 62.8. The van der Waals surface area contributed by atoms with Crippen LogP contribution >= 0.6 is 0 Å². The molecule has 0 saturated carbocycles. The summed E-state index contributed by atoms with van der Waals surface area (Å²) in [7, 11) is -3.02. The van der Waals surface area contributed by atoms with Crippen LogP contribution in [0.5, 0.6) is 0 Å². The molecule has 0 aliphatic rings. The number of amides is 1. The van der Waals surface area contributed by atoms with Crippen LogP contribution in [0.25, 0.3) is 0 Å². The predicted octanol–water partition coefficient (Wildman–Crippen LogP) is 0.371. The topological polar surface area (TPSA) is 86.7 Å². The van der Waals surface area contributed by atoms with Crippen LogP contribution < -0.4 is 5.48 Å². The normalized spacial score (nSPS) is 11.7. The average molecular weight is 312 g/mol. The molecule has 0 bridgehead atoms. The molecule has 0 aliphatic heterocycles. The molecule has 1 aromatic rings. The number of carbonyl (C=O) groups excluding carboxylic acids is 1. The predicted molar refractivity (Wildman–Crippen MR) is 61.5 cm³/mol. The Bertz CT molecular complexity index is 598. The number of halogens is 3. The lowest BCUT2D eigenvalue weighted by Gasteiger charge is -2.16. The molecule has 0 unspecified atom stereocenters. The molecule has 10 heteroatoms. The van der Waals surface area contributed by atoms with E-state index in [9.17, 15) is 26.4 Å². The zero-order valence-corrected chi connectivity index (χ0v) is 11.0. The number of rotatable bonds is 5. The smallest absolute Gasteiger partial charge is 0.258 e. The van der Waals surface area contributed by atoms with Crippen LogP contribution in [0, 0.1) is 17.5 Å². The monoisotopic (exact) mass is 312 g/mol. The second-order valence-electron chi connectivity index (χ2n) is 3.92. The van der Waals surface area contributed by atoms with Crippen molar-refractivity contribution in [2.45, 2.75) is 5.75 Å². The minimum atomic E-state index is -4.06. The van der Waals surface area contributed by atoms with Crippen LogP contribution in [0.15, 0.2) is 12.1 Å². The Balaban J connectivity index is 2.94. The van der Waals surface area contributed by atoms with Crippen molar-refractivity contribution in [2.24, 2.45) is 0 Å². The van der Waals surface area contributed by atoms with Gasteiger partial charge in [0.1, 0.15) is 0 Å². The summed E-state index contributed by atoms with van der Waals surface area (Å²) >= 11 is 0. The van der Waals surface area contributed by atoms with Gasteiger partial charge in [0, 0.05) is 7.05 Å². The van der Waals surface area contributed by atoms with Crippen molar-refractivity contribution in [3.8, 4) is 0 Å². The number of nitrogens with one attached hydrogen (secondary N) is 1. The van der Waals surface area contributed by atoms with Crippen LogP contribution in [0.2, 0.25) is 0 Å². The maximum absolute atomic E-state index is 13.0. The number of hydroxylamine groups is 1. The molecule has 0 fully saturated rings. The summed E-state index contributed by atoms with van der Waals surface area (Å²) in [6, 6.07) is 1.10. The van der Waals surface area contributed by atoms with E-state index in [1.807, 2.05) is 0 Å². The molecule has 1 aromatic carbocycles. The van der Waals surface area contributed by atoms with Crippen molar-refractivity contribution < 1.29 is 31.6 Å². The Kier molecular flexibility index (Phi) is 5.09. The molecule has 20 heavy (non-hydrogen) atoms. The van der Waals surface area contributed by atoms with Gasteiger partial charge in [-0.25, -0.2) is 27.1 Å². The molecule has 1 amide bonds. The average Bonchev–Trinajstić information content (AvgIpc) is 2.35. The summed E-state index contributed by atoms with van der Waals surface area (Å²) in [6.45, 7) is -0.676. The van der Waals surface area contributed by atoms with Gasteiger partial charge in [-0.05, 0) is 17.7 Å². The first-order valence-electron chi connectivity index (χ1n) is 5.17. The van der Waals surface area contributed by atoms with E-state index in [1.54, 1.807) is 0 Å². The summed E-state index contributed by atoms with van der Waals surface area (Å²) in [4.78, 5) is 10.8. The van der Waals surface area contributed by atoms with E-state index in [0.29, 0.717) is 16.4 Å². The van der Waals surface area contributed by atoms with Crippen molar-refractivity contribution >= 4 is 15.9 Å². The highest BCUT2D eigenvalue weighted by Gasteiger charge is 2.22. The fraction of sp³-hybridized carbons (Fsp3) is 0.300. The van der Waals surface area contributed by atoms with Crippen LogP contribution in [-0.4, -0.2) is 37.4 Å². The molecule has 0 saturated heterocycles. The summed E-state index contributed by atoms with van der Waals surface area (Å²) in [5.41, 5.74) is 0.935. The lowest BCUT2D eigenvalue weighted by atomic mass is 10.2. The highest BCUT2D eigenvalue weighted by atomic mass is 32.2. The SMILES string of the molecule is CN(CC(=O)NO)S(=O)(=O)Cc1cc(F)c(F)c(F)c1. The van der Waals surface area contributed by atoms with E-state index in [2.05, 4.69) is 0 Å². The molecular weight excluding hydrogens is 301 g/mol. The van der Waals surface area contributed by atoms with Gasteiger partial charge in [-0.3, -0.25) is 10.0 Å². The quantitative estimate of drug-likeness (QED) is 0.467. The van der Waals surface area contributed by atoms with Gasteiger partial charge in [-0.15, -0.1) is 0 Å². The van der Waals surface area contributed by atoms with Crippen molar-refractivity contribution in [1.29, 1.82) is 0 Å².